The average Bonchev–Trinajstić information content (AvgIpc) is 2.85. The van der Waals surface area contributed by atoms with Crippen LogP contribution >= 0.6 is 11.3 Å². The van der Waals surface area contributed by atoms with E-state index in [1.54, 1.807) is 5.38 Å². The minimum absolute atomic E-state index is 0.316. The minimum atomic E-state index is -1.22. The SMILES string of the molecule is COC(=O)[C@H](CC(=O)O)NC(=O)c1cc(OC)cs1. The summed E-state index contributed by atoms with van der Waals surface area (Å²) >= 11 is 1.13. The highest BCUT2D eigenvalue weighted by Crippen LogP contribution is 2.21. The Labute approximate surface area is 113 Å². The van der Waals surface area contributed by atoms with Crippen molar-refractivity contribution in [3.63, 3.8) is 0 Å². The highest BCUT2D eigenvalue weighted by Gasteiger charge is 2.25. The van der Waals surface area contributed by atoms with E-state index >= 15 is 0 Å². The van der Waals surface area contributed by atoms with Gasteiger partial charge in [-0.1, -0.05) is 0 Å². The highest BCUT2D eigenvalue weighted by molar-refractivity contribution is 7.12. The molecule has 19 heavy (non-hydrogen) atoms. The van der Waals surface area contributed by atoms with Crippen LogP contribution in [0.3, 0.4) is 0 Å². The van der Waals surface area contributed by atoms with Gasteiger partial charge < -0.3 is 19.9 Å². The first-order valence-electron chi connectivity index (χ1n) is 5.21. The van der Waals surface area contributed by atoms with Gasteiger partial charge in [-0.15, -0.1) is 11.3 Å². The lowest BCUT2D eigenvalue weighted by atomic mass is 10.2. The molecular formula is C11H13NO6S. The van der Waals surface area contributed by atoms with Crippen molar-refractivity contribution in [1.29, 1.82) is 0 Å². The van der Waals surface area contributed by atoms with Crippen molar-refractivity contribution in [3.05, 3.63) is 16.3 Å². The van der Waals surface area contributed by atoms with Gasteiger partial charge in [-0.3, -0.25) is 9.59 Å². The monoisotopic (exact) mass is 287 g/mol. The Morgan fingerprint density at radius 3 is 2.58 bits per heavy atom. The Bertz CT molecular complexity index is 483. The maximum Gasteiger partial charge on any atom is 0.328 e. The van der Waals surface area contributed by atoms with E-state index in [2.05, 4.69) is 10.1 Å². The molecule has 1 aromatic rings. The molecule has 0 aliphatic rings. The standard InChI is InChI=1S/C11H13NO6S/c1-17-6-3-8(19-5-6)10(15)12-7(4-9(13)14)11(16)18-2/h3,5,7H,4H2,1-2H3,(H,12,15)(H,13,14)/t7-/m0/s1. The fourth-order valence-electron chi connectivity index (χ4n) is 1.28. The van der Waals surface area contributed by atoms with Gasteiger partial charge in [0.05, 0.1) is 25.5 Å². The van der Waals surface area contributed by atoms with Crippen LogP contribution in [-0.2, 0) is 14.3 Å². The van der Waals surface area contributed by atoms with Crippen molar-refractivity contribution in [2.45, 2.75) is 12.5 Å². The predicted molar refractivity (Wildman–Crippen MR) is 66.4 cm³/mol. The topological polar surface area (TPSA) is 102 Å². The van der Waals surface area contributed by atoms with Crippen LogP contribution in [0.2, 0.25) is 0 Å². The first-order chi connectivity index (χ1) is 8.97. The summed E-state index contributed by atoms with van der Waals surface area (Å²) in [6.07, 6.45) is -0.541. The molecule has 2 N–H and O–H groups in total. The molecule has 1 heterocycles. The largest absolute Gasteiger partial charge is 0.496 e. The molecule has 0 bridgehead atoms. The molecule has 1 amide bonds. The molecule has 0 aromatic carbocycles. The minimum Gasteiger partial charge on any atom is -0.496 e. The van der Waals surface area contributed by atoms with Crippen LogP contribution in [0.1, 0.15) is 16.1 Å². The third kappa shape index (κ3) is 4.25. The molecule has 104 valence electrons. The zero-order chi connectivity index (χ0) is 14.4. The molecule has 1 aromatic heterocycles. The fraction of sp³-hybridized carbons (Fsp3) is 0.364. The molecule has 0 unspecified atom stereocenters. The number of carbonyl (C=O) groups excluding carboxylic acids is 2. The summed E-state index contributed by atoms with van der Waals surface area (Å²) in [5.41, 5.74) is 0. The Morgan fingerprint density at radius 2 is 2.11 bits per heavy atom. The maximum atomic E-state index is 11.8. The number of ether oxygens (including phenoxy) is 2. The Hall–Kier alpha value is -2.09. The summed E-state index contributed by atoms with van der Waals surface area (Å²) in [6.45, 7) is 0. The van der Waals surface area contributed by atoms with E-state index in [0.717, 1.165) is 18.4 Å². The third-order valence-electron chi connectivity index (χ3n) is 2.20. The number of amides is 1. The molecule has 0 aliphatic carbocycles. The predicted octanol–water partition coefficient (Wildman–Crippen LogP) is 0.503. The van der Waals surface area contributed by atoms with Crippen LogP contribution in [0, 0.1) is 0 Å². The van der Waals surface area contributed by atoms with Crippen molar-refractivity contribution < 1.29 is 29.0 Å². The van der Waals surface area contributed by atoms with Crippen LogP contribution in [0.5, 0.6) is 5.75 Å². The van der Waals surface area contributed by atoms with E-state index in [1.807, 2.05) is 0 Å². The van der Waals surface area contributed by atoms with Crippen molar-refractivity contribution in [2.75, 3.05) is 14.2 Å². The fourth-order valence-corrected chi connectivity index (χ4v) is 2.04. The lowest BCUT2D eigenvalue weighted by Gasteiger charge is -2.13. The second-order valence-corrected chi connectivity index (χ2v) is 4.41. The molecule has 0 saturated carbocycles. The molecule has 8 heteroatoms. The number of carboxylic acids is 1. The first-order valence-corrected chi connectivity index (χ1v) is 6.09. The first kappa shape index (κ1) is 15.0. The van der Waals surface area contributed by atoms with Crippen LogP contribution < -0.4 is 10.1 Å². The van der Waals surface area contributed by atoms with Gasteiger partial charge in [0.2, 0.25) is 0 Å². The smallest absolute Gasteiger partial charge is 0.328 e. The number of rotatable bonds is 6. The molecule has 0 spiro atoms. The number of esters is 1. The molecule has 0 saturated heterocycles. The molecule has 7 nitrogen and oxygen atoms in total. The molecular weight excluding hydrogens is 274 g/mol. The quantitative estimate of drug-likeness (QED) is 0.739. The summed E-state index contributed by atoms with van der Waals surface area (Å²) < 4.78 is 9.37. The number of aliphatic carboxylic acids is 1. The molecule has 0 aliphatic heterocycles. The number of hydrogen-bond acceptors (Lipinski definition) is 6. The summed E-state index contributed by atoms with van der Waals surface area (Å²) in [5, 5.41) is 12.6. The van der Waals surface area contributed by atoms with Gasteiger partial charge in [0, 0.05) is 11.4 Å². The number of hydrogen-bond donors (Lipinski definition) is 2. The second kappa shape index (κ2) is 6.74. The van der Waals surface area contributed by atoms with Crippen LogP contribution in [0.25, 0.3) is 0 Å². The van der Waals surface area contributed by atoms with Crippen molar-refractivity contribution in [3.8, 4) is 5.75 Å². The molecule has 0 radical (unpaired) electrons. The van der Waals surface area contributed by atoms with Gasteiger partial charge in [-0.05, 0) is 0 Å². The highest BCUT2D eigenvalue weighted by atomic mass is 32.1. The van der Waals surface area contributed by atoms with Crippen molar-refractivity contribution in [2.24, 2.45) is 0 Å². The number of thiophene rings is 1. The van der Waals surface area contributed by atoms with Gasteiger partial charge >= 0.3 is 11.9 Å². The maximum absolute atomic E-state index is 11.8. The van der Waals surface area contributed by atoms with Gasteiger partial charge in [-0.25, -0.2) is 4.79 Å². The van der Waals surface area contributed by atoms with Crippen LogP contribution in [0.15, 0.2) is 11.4 Å². The lowest BCUT2D eigenvalue weighted by molar-refractivity contribution is -0.147. The number of carbonyl (C=O) groups is 3. The van der Waals surface area contributed by atoms with Gasteiger partial charge in [-0.2, -0.15) is 0 Å². The molecule has 1 rings (SSSR count). The van der Waals surface area contributed by atoms with Gasteiger partial charge in [0.15, 0.2) is 0 Å². The Morgan fingerprint density at radius 1 is 1.42 bits per heavy atom. The van der Waals surface area contributed by atoms with Crippen molar-refractivity contribution in [1.82, 2.24) is 5.32 Å². The van der Waals surface area contributed by atoms with E-state index < -0.39 is 30.3 Å². The summed E-state index contributed by atoms with van der Waals surface area (Å²) in [7, 11) is 2.59. The van der Waals surface area contributed by atoms with E-state index in [0.29, 0.717) is 10.6 Å². The molecule has 0 fully saturated rings. The normalized spacial score (nSPS) is 11.5. The van der Waals surface area contributed by atoms with E-state index in [-0.39, 0.29) is 0 Å². The third-order valence-corrected chi connectivity index (χ3v) is 3.11. The summed E-state index contributed by atoms with van der Waals surface area (Å²) in [6, 6.07) is 0.276. The van der Waals surface area contributed by atoms with E-state index in [4.69, 9.17) is 9.84 Å². The molecule has 1 atom stereocenters. The van der Waals surface area contributed by atoms with Crippen molar-refractivity contribution >= 4 is 29.2 Å². The van der Waals surface area contributed by atoms with Gasteiger partial charge in [0.1, 0.15) is 11.8 Å². The number of methoxy groups -OCH3 is 2. The summed E-state index contributed by atoms with van der Waals surface area (Å²) in [5.74, 6) is -2.05. The van der Waals surface area contributed by atoms with Crippen LogP contribution in [0.4, 0.5) is 0 Å². The second-order valence-electron chi connectivity index (χ2n) is 3.50. The summed E-state index contributed by atoms with van der Waals surface area (Å²) in [4.78, 5) is 34.1. The van der Waals surface area contributed by atoms with Crippen LogP contribution in [-0.4, -0.2) is 43.2 Å². The zero-order valence-electron chi connectivity index (χ0n) is 10.3. The van der Waals surface area contributed by atoms with Gasteiger partial charge in [0.25, 0.3) is 5.91 Å². The average molecular weight is 287 g/mol. The number of nitrogens with one attached hydrogen (secondary N) is 1. The lowest BCUT2D eigenvalue weighted by Crippen LogP contribution is -2.42. The number of carboxylic acid groups (broad SMARTS) is 1. The van der Waals surface area contributed by atoms with E-state index in [1.165, 1.54) is 13.2 Å². The Kier molecular flexibility index (Phi) is 5.31. The zero-order valence-corrected chi connectivity index (χ0v) is 11.2. The Balaban J connectivity index is 2.75. The van der Waals surface area contributed by atoms with E-state index in [9.17, 15) is 14.4 Å².